The number of fused-ring (bicyclic) bond motifs is 1. The predicted octanol–water partition coefficient (Wildman–Crippen LogP) is 5.31. The summed E-state index contributed by atoms with van der Waals surface area (Å²) in [7, 11) is 0. The number of aryl methyl sites for hydroxylation is 1. The second-order valence-electron chi connectivity index (χ2n) is 7.83. The van der Waals surface area contributed by atoms with E-state index in [1.54, 1.807) is 0 Å². The zero-order valence-corrected chi connectivity index (χ0v) is 19.9. The van der Waals surface area contributed by atoms with E-state index >= 15 is 0 Å². The number of aromatic nitrogens is 3. The van der Waals surface area contributed by atoms with Crippen LogP contribution in [-0.2, 0) is 17.9 Å². The van der Waals surface area contributed by atoms with Gasteiger partial charge in [-0.15, -0.1) is 10.2 Å². The number of carbonyl (C=O) groups is 1. The molecule has 0 saturated heterocycles. The van der Waals surface area contributed by atoms with Crippen molar-refractivity contribution in [3.8, 4) is 5.75 Å². The van der Waals surface area contributed by atoms with Crippen molar-refractivity contribution in [3.63, 3.8) is 0 Å². The Hall–Kier alpha value is -3.32. The smallest absolute Gasteiger partial charge is 0.230 e. The summed E-state index contributed by atoms with van der Waals surface area (Å²) in [5.41, 5.74) is 2.19. The Kier molecular flexibility index (Phi) is 7.29. The molecule has 0 spiro atoms. The first kappa shape index (κ1) is 22.9. The molecule has 1 amide bonds. The van der Waals surface area contributed by atoms with E-state index < -0.39 is 0 Å². The van der Waals surface area contributed by atoms with Crippen LogP contribution in [0.1, 0.15) is 36.8 Å². The van der Waals surface area contributed by atoms with Crippen molar-refractivity contribution in [2.24, 2.45) is 0 Å². The highest BCUT2D eigenvalue weighted by atomic mass is 32.2. The third-order valence-corrected chi connectivity index (χ3v) is 6.59. The molecule has 1 aromatic heterocycles. The molecule has 0 fully saturated rings. The van der Waals surface area contributed by atoms with Gasteiger partial charge in [0.15, 0.2) is 11.0 Å². The number of nitrogens with zero attached hydrogens (tertiary/aromatic N) is 3. The van der Waals surface area contributed by atoms with Gasteiger partial charge in [0.1, 0.15) is 12.4 Å². The van der Waals surface area contributed by atoms with Crippen LogP contribution in [0.3, 0.4) is 0 Å². The summed E-state index contributed by atoms with van der Waals surface area (Å²) in [6.45, 7) is 7.11. The maximum atomic E-state index is 12.4. The van der Waals surface area contributed by atoms with Gasteiger partial charge in [-0.05, 0) is 48.7 Å². The molecule has 1 heterocycles. The Morgan fingerprint density at radius 2 is 1.82 bits per heavy atom. The minimum atomic E-state index is -0.0440. The molecule has 4 aromatic rings. The number of nitrogens with one attached hydrogen (secondary N) is 1. The average Bonchev–Trinajstić information content (AvgIpc) is 3.24. The maximum absolute atomic E-state index is 12.4. The lowest BCUT2D eigenvalue weighted by molar-refractivity contribution is -0.119. The molecular formula is C26H28N4O2S. The first-order valence-corrected chi connectivity index (χ1v) is 12.1. The zero-order chi connectivity index (χ0) is 23.2. The molecule has 1 N–H and O–H groups in total. The van der Waals surface area contributed by atoms with E-state index in [0.29, 0.717) is 18.3 Å². The highest BCUT2D eigenvalue weighted by molar-refractivity contribution is 7.99. The summed E-state index contributed by atoms with van der Waals surface area (Å²) in [5, 5.41) is 14.7. The van der Waals surface area contributed by atoms with E-state index in [2.05, 4.69) is 40.6 Å². The van der Waals surface area contributed by atoms with Gasteiger partial charge in [-0.1, -0.05) is 72.4 Å². The van der Waals surface area contributed by atoms with E-state index in [9.17, 15) is 4.79 Å². The first-order valence-electron chi connectivity index (χ1n) is 11.1. The molecule has 3 aromatic carbocycles. The largest absolute Gasteiger partial charge is 0.485 e. The third-order valence-electron chi connectivity index (χ3n) is 5.62. The van der Waals surface area contributed by atoms with Gasteiger partial charge in [-0.2, -0.15) is 0 Å². The number of hydrogen-bond acceptors (Lipinski definition) is 5. The summed E-state index contributed by atoms with van der Waals surface area (Å²) in [4.78, 5) is 12.4. The molecule has 1 atom stereocenters. The fraction of sp³-hybridized carbons (Fsp3) is 0.269. The lowest BCUT2D eigenvalue weighted by atomic mass is 10.0. The van der Waals surface area contributed by atoms with Crippen LogP contribution in [0.5, 0.6) is 5.75 Å². The number of ether oxygens (including phenoxy) is 1. The minimum absolute atomic E-state index is 0.0356. The van der Waals surface area contributed by atoms with Crippen molar-refractivity contribution in [3.05, 3.63) is 83.7 Å². The highest BCUT2D eigenvalue weighted by Crippen LogP contribution is 2.28. The maximum Gasteiger partial charge on any atom is 0.230 e. The predicted molar refractivity (Wildman–Crippen MR) is 132 cm³/mol. The molecule has 0 aliphatic carbocycles. The van der Waals surface area contributed by atoms with Crippen LogP contribution in [0.25, 0.3) is 10.8 Å². The van der Waals surface area contributed by atoms with Crippen LogP contribution in [0, 0.1) is 6.92 Å². The molecule has 0 aliphatic heterocycles. The fourth-order valence-corrected chi connectivity index (χ4v) is 4.63. The fourth-order valence-electron chi connectivity index (χ4n) is 3.79. The van der Waals surface area contributed by atoms with Gasteiger partial charge in [0.05, 0.1) is 11.8 Å². The van der Waals surface area contributed by atoms with Gasteiger partial charge in [0, 0.05) is 6.54 Å². The van der Waals surface area contributed by atoms with Gasteiger partial charge >= 0.3 is 0 Å². The van der Waals surface area contributed by atoms with Crippen molar-refractivity contribution in [1.82, 2.24) is 20.1 Å². The summed E-state index contributed by atoms with van der Waals surface area (Å²) in [5.74, 6) is 1.82. The van der Waals surface area contributed by atoms with Crippen LogP contribution in [-0.4, -0.2) is 26.4 Å². The number of benzene rings is 3. The van der Waals surface area contributed by atoms with Crippen molar-refractivity contribution in [2.45, 2.75) is 45.1 Å². The number of thioether (sulfide) groups is 1. The second-order valence-corrected chi connectivity index (χ2v) is 8.77. The molecule has 1 unspecified atom stereocenters. The lowest BCUT2D eigenvalue weighted by Gasteiger charge is -2.14. The SMILES string of the molecule is CCn1c(COc2ccc3ccccc3c2C)nnc1SCC(=O)NC(C)c1ccccc1. The Morgan fingerprint density at radius 1 is 1.06 bits per heavy atom. The number of rotatable bonds is 9. The van der Waals surface area contributed by atoms with E-state index in [4.69, 9.17) is 4.74 Å². The van der Waals surface area contributed by atoms with Gasteiger partial charge < -0.3 is 14.6 Å². The average molecular weight is 461 g/mol. The molecule has 170 valence electrons. The number of hydrogen-bond donors (Lipinski definition) is 1. The van der Waals surface area contributed by atoms with Crippen molar-refractivity contribution >= 4 is 28.4 Å². The standard InChI is InChI=1S/C26H28N4O2S/c1-4-30-24(16-32-23-15-14-21-12-8-9-13-22(21)18(23)2)28-29-26(30)33-17-25(31)27-19(3)20-10-6-5-7-11-20/h5-15,19H,4,16-17H2,1-3H3,(H,27,31). The Labute approximate surface area is 198 Å². The topological polar surface area (TPSA) is 69.0 Å². The van der Waals surface area contributed by atoms with Crippen molar-refractivity contribution < 1.29 is 9.53 Å². The molecule has 7 heteroatoms. The summed E-state index contributed by atoms with van der Waals surface area (Å²) in [6, 6.07) is 22.2. The quantitative estimate of drug-likeness (QED) is 0.343. The summed E-state index contributed by atoms with van der Waals surface area (Å²) < 4.78 is 8.10. The first-order chi connectivity index (χ1) is 16.1. The van der Waals surface area contributed by atoms with Crippen LogP contribution in [0.15, 0.2) is 71.9 Å². The van der Waals surface area contributed by atoms with Gasteiger partial charge in [0.25, 0.3) is 0 Å². The Balaban J connectivity index is 1.37. The van der Waals surface area contributed by atoms with E-state index in [1.807, 2.05) is 66.9 Å². The van der Waals surface area contributed by atoms with E-state index in [-0.39, 0.29) is 17.7 Å². The normalized spacial score (nSPS) is 12.0. The van der Waals surface area contributed by atoms with Gasteiger partial charge in [-0.3, -0.25) is 4.79 Å². The minimum Gasteiger partial charge on any atom is -0.485 e. The van der Waals surface area contributed by atoms with Crippen molar-refractivity contribution in [2.75, 3.05) is 5.75 Å². The molecule has 0 radical (unpaired) electrons. The Bertz CT molecular complexity index is 1240. The molecule has 33 heavy (non-hydrogen) atoms. The van der Waals surface area contributed by atoms with Gasteiger partial charge in [-0.25, -0.2) is 0 Å². The highest BCUT2D eigenvalue weighted by Gasteiger charge is 2.16. The Morgan fingerprint density at radius 3 is 2.61 bits per heavy atom. The van der Waals surface area contributed by atoms with E-state index in [0.717, 1.165) is 22.7 Å². The van der Waals surface area contributed by atoms with Crippen LogP contribution in [0.2, 0.25) is 0 Å². The summed E-state index contributed by atoms with van der Waals surface area (Å²) >= 11 is 1.39. The van der Waals surface area contributed by atoms with Crippen LogP contribution >= 0.6 is 11.8 Å². The molecular weight excluding hydrogens is 432 g/mol. The monoisotopic (exact) mass is 460 g/mol. The van der Waals surface area contributed by atoms with Crippen molar-refractivity contribution in [1.29, 1.82) is 0 Å². The molecule has 6 nitrogen and oxygen atoms in total. The van der Waals surface area contributed by atoms with Crippen LogP contribution < -0.4 is 10.1 Å². The molecule has 4 rings (SSSR count). The van der Waals surface area contributed by atoms with E-state index in [1.165, 1.54) is 22.5 Å². The lowest BCUT2D eigenvalue weighted by Crippen LogP contribution is -2.28. The number of amides is 1. The molecule has 0 saturated carbocycles. The van der Waals surface area contributed by atoms with Crippen LogP contribution in [0.4, 0.5) is 0 Å². The van der Waals surface area contributed by atoms with Gasteiger partial charge in [0.2, 0.25) is 5.91 Å². The zero-order valence-electron chi connectivity index (χ0n) is 19.1. The molecule has 0 bridgehead atoms. The second kappa shape index (κ2) is 10.5. The molecule has 0 aliphatic rings. The number of carbonyl (C=O) groups excluding carboxylic acids is 1. The third kappa shape index (κ3) is 5.37. The summed E-state index contributed by atoms with van der Waals surface area (Å²) in [6.07, 6.45) is 0.